The quantitative estimate of drug-likeness (QED) is 0.506. The summed E-state index contributed by atoms with van der Waals surface area (Å²) in [6.07, 6.45) is 0.384. The Bertz CT molecular complexity index is 1080. The lowest BCUT2D eigenvalue weighted by molar-refractivity contribution is 0.1000. The molecule has 0 unspecified atom stereocenters. The van der Waals surface area contributed by atoms with Gasteiger partial charge in [-0.2, -0.15) is 0 Å². The van der Waals surface area contributed by atoms with Gasteiger partial charge >= 0.3 is 0 Å². The van der Waals surface area contributed by atoms with Crippen molar-refractivity contribution in [2.24, 2.45) is 5.73 Å². The summed E-state index contributed by atoms with van der Waals surface area (Å²) in [5.74, 6) is -0.897. The number of nitrogens with two attached hydrogens (primary N) is 1. The number of carbonyl (C=O) groups excluding carboxylic acids is 1. The second-order valence-corrected chi connectivity index (χ2v) is 7.67. The summed E-state index contributed by atoms with van der Waals surface area (Å²) >= 11 is 0. The van der Waals surface area contributed by atoms with Crippen molar-refractivity contribution >= 4 is 11.7 Å². The fourth-order valence-electron chi connectivity index (χ4n) is 3.47. The number of pyridine rings is 1. The molecule has 0 aliphatic rings. The van der Waals surface area contributed by atoms with Crippen LogP contribution in [0.25, 0.3) is 11.3 Å². The monoisotopic (exact) mass is 427 g/mol. The lowest BCUT2D eigenvalue weighted by Crippen LogP contribution is -2.35. The first-order valence-corrected chi connectivity index (χ1v) is 9.65. The van der Waals surface area contributed by atoms with E-state index in [1.54, 1.807) is 19.1 Å². The first-order valence-electron chi connectivity index (χ1n) is 9.65. The number of aromatic nitrogens is 3. The third-order valence-corrected chi connectivity index (χ3v) is 4.88. The zero-order valence-corrected chi connectivity index (χ0v) is 17.1. The Balaban J connectivity index is 1.80. The molecule has 0 fully saturated rings. The van der Waals surface area contributed by atoms with Gasteiger partial charge in [-0.05, 0) is 55.8 Å². The molecule has 3 rings (SSSR count). The van der Waals surface area contributed by atoms with Crippen LogP contribution in [0.1, 0.15) is 36.3 Å². The summed E-state index contributed by atoms with van der Waals surface area (Å²) in [6.45, 7) is 3.34. The van der Waals surface area contributed by atoms with Gasteiger partial charge in [-0.25, -0.2) is 8.78 Å². The van der Waals surface area contributed by atoms with E-state index in [-0.39, 0.29) is 30.0 Å². The number of anilines is 1. The number of phenolic OH excluding ortho intramolecular Hbond substituents is 1. The third kappa shape index (κ3) is 5.30. The van der Waals surface area contributed by atoms with E-state index in [0.717, 1.165) is 0 Å². The molecule has 31 heavy (non-hydrogen) atoms. The predicted octanol–water partition coefficient (Wildman–Crippen LogP) is 3.60. The number of primary amides is 1. The van der Waals surface area contributed by atoms with E-state index in [4.69, 9.17) is 5.73 Å². The SMILES string of the molecule is C[C@H](F)C[C@@](C)(CNc1ccc(-c2cc(O)cc(C(N)=O)c2)nn1)c1ncccc1F. The average Bonchev–Trinajstić information content (AvgIpc) is 2.72. The van der Waals surface area contributed by atoms with Gasteiger partial charge in [-0.15, -0.1) is 10.2 Å². The lowest BCUT2D eigenvalue weighted by atomic mass is 9.81. The molecule has 0 aliphatic heterocycles. The Morgan fingerprint density at radius 2 is 2.03 bits per heavy atom. The minimum absolute atomic E-state index is 0.0681. The van der Waals surface area contributed by atoms with Crippen LogP contribution in [0.5, 0.6) is 5.75 Å². The molecular weight excluding hydrogens is 404 g/mol. The van der Waals surface area contributed by atoms with Gasteiger partial charge in [0.25, 0.3) is 0 Å². The molecule has 0 radical (unpaired) electrons. The fraction of sp³-hybridized carbons (Fsp3) is 0.273. The Morgan fingerprint density at radius 3 is 2.65 bits per heavy atom. The topological polar surface area (TPSA) is 114 Å². The molecule has 3 aromatic rings. The molecule has 2 atom stereocenters. The zero-order chi connectivity index (χ0) is 22.6. The number of nitrogens with one attached hydrogen (secondary N) is 1. The van der Waals surface area contributed by atoms with Gasteiger partial charge in [0, 0.05) is 29.3 Å². The molecule has 1 amide bonds. The number of phenols is 1. The number of hydrogen-bond acceptors (Lipinski definition) is 6. The van der Waals surface area contributed by atoms with Crippen molar-refractivity contribution in [1.29, 1.82) is 0 Å². The molecule has 4 N–H and O–H groups in total. The number of carbonyl (C=O) groups is 1. The number of benzene rings is 1. The van der Waals surface area contributed by atoms with Gasteiger partial charge in [-0.3, -0.25) is 9.78 Å². The van der Waals surface area contributed by atoms with E-state index in [2.05, 4.69) is 20.5 Å². The van der Waals surface area contributed by atoms with Crippen LogP contribution in [0.15, 0.2) is 48.7 Å². The molecule has 2 heterocycles. The molecule has 162 valence electrons. The van der Waals surface area contributed by atoms with Gasteiger partial charge in [0.2, 0.25) is 5.91 Å². The molecule has 9 heteroatoms. The van der Waals surface area contributed by atoms with E-state index in [9.17, 15) is 18.7 Å². The van der Waals surface area contributed by atoms with Crippen molar-refractivity contribution in [3.63, 3.8) is 0 Å². The van der Waals surface area contributed by atoms with Gasteiger partial charge in [0.05, 0.1) is 17.6 Å². The highest BCUT2D eigenvalue weighted by atomic mass is 19.1. The Kier molecular flexibility index (Phi) is 6.43. The maximum Gasteiger partial charge on any atom is 0.248 e. The maximum atomic E-state index is 14.3. The van der Waals surface area contributed by atoms with Crippen molar-refractivity contribution in [2.75, 3.05) is 11.9 Å². The van der Waals surface area contributed by atoms with Crippen LogP contribution in [0.2, 0.25) is 0 Å². The van der Waals surface area contributed by atoms with Crippen LogP contribution >= 0.6 is 0 Å². The first kappa shape index (κ1) is 22.1. The molecule has 0 bridgehead atoms. The summed E-state index contributed by atoms with van der Waals surface area (Å²) in [5, 5.41) is 21.1. The first-order chi connectivity index (χ1) is 14.7. The number of amides is 1. The van der Waals surface area contributed by atoms with Crippen LogP contribution in [0.3, 0.4) is 0 Å². The van der Waals surface area contributed by atoms with E-state index in [1.807, 2.05) is 0 Å². The number of nitrogens with zero attached hydrogens (tertiary/aromatic N) is 3. The van der Waals surface area contributed by atoms with Gasteiger partial charge in [0.1, 0.15) is 17.4 Å². The molecule has 7 nitrogen and oxygen atoms in total. The largest absolute Gasteiger partial charge is 0.508 e. The minimum atomic E-state index is -1.16. The minimum Gasteiger partial charge on any atom is -0.508 e. The molecule has 0 saturated heterocycles. The number of aromatic hydroxyl groups is 1. The molecule has 0 aliphatic carbocycles. The lowest BCUT2D eigenvalue weighted by Gasteiger charge is -2.30. The predicted molar refractivity (Wildman–Crippen MR) is 113 cm³/mol. The highest BCUT2D eigenvalue weighted by Crippen LogP contribution is 2.31. The summed E-state index contributed by atoms with van der Waals surface area (Å²) in [4.78, 5) is 15.5. The highest BCUT2D eigenvalue weighted by molar-refractivity contribution is 5.94. The van der Waals surface area contributed by atoms with Crippen LogP contribution in [-0.4, -0.2) is 38.9 Å². The van der Waals surface area contributed by atoms with E-state index in [0.29, 0.717) is 17.1 Å². The third-order valence-electron chi connectivity index (χ3n) is 4.88. The van der Waals surface area contributed by atoms with Crippen LogP contribution in [0.4, 0.5) is 14.6 Å². The summed E-state index contributed by atoms with van der Waals surface area (Å²) in [7, 11) is 0. The Hall–Kier alpha value is -3.62. The second-order valence-electron chi connectivity index (χ2n) is 7.67. The van der Waals surface area contributed by atoms with Gasteiger partial charge < -0.3 is 16.2 Å². The van der Waals surface area contributed by atoms with E-state index >= 15 is 0 Å². The number of alkyl halides is 1. The molecule has 0 saturated carbocycles. The van der Waals surface area contributed by atoms with Crippen molar-refractivity contribution in [2.45, 2.75) is 31.9 Å². The Labute approximate surface area is 178 Å². The molecule has 2 aromatic heterocycles. The van der Waals surface area contributed by atoms with Gasteiger partial charge in [0.15, 0.2) is 0 Å². The van der Waals surface area contributed by atoms with Crippen LogP contribution < -0.4 is 11.1 Å². The molecule has 0 spiro atoms. The van der Waals surface area contributed by atoms with E-state index in [1.165, 1.54) is 43.5 Å². The van der Waals surface area contributed by atoms with Crippen molar-refractivity contribution in [3.05, 3.63) is 65.7 Å². The summed E-state index contributed by atoms with van der Waals surface area (Å²) in [5.41, 5.74) is 5.57. The van der Waals surface area contributed by atoms with Crippen molar-refractivity contribution < 1.29 is 18.7 Å². The number of halogens is 2. The fourth-order valence-corrected chi connectivity index (χ4v) is 3.47. The van der Waals surface area contributed by atoms with Gasteiger partial charge in [-0.1, -0.05) is 6.92 Å². The van der Waals surface area contributed by atoms with Crippen molar-refractivity contribution in [1.82, 2.24) is 15.2 Å². The van der Waals surface area contributed by atoms with E-state index < -0.39 is 23.3 Å². The summed E-state index contributed by atoms with van der Waals surface area (Å²) < 4.78 is 28.2. The smallest absolute Gasteiger partial charge is 0.248 e. The normalized spacial score (nSPS) is 13.9. The standard InChI is InChI=1S/C22H23F2N5O2/c1-13(23)11-22(2,20-17(24)4-3-7-26-20)12-27-19-6-5-18(28-29-19)14-8-15(21(25)31)10-16(30)9-14/h3-10,13,30H,11-12H2,1-2H3,(H2,25,31)(H,27,29)/t13-,22-/m0/s1. The summed E-state index contributed by atoms with van der Waals surface area (Å²) in [6, 6.07) is 10.3. The van der Waals surface area contributed by atoms with Crippen LogP contribution in [0, 0.1) is 5.82 Å². The maximum absolute atomic E-state index is 14.3. The molecule has 1 aromatic carbocycles. The average molecular weight is 427 g/mol. The van der Waals surface area contributed by atoms with Crippen LogP contribution in [-0.2, 0) is 5.41 Å². The second kappa shape index (κ2) is 9.03. The molecular formula is C22H23F2N5O2. The number of rotatable bonds is 8. The Morgan fingerprint density at radius 1 is 1.26 bits per heavy atom. The zero-order valence-electron chi connectivity index (χ0n) is 17.1. The number of hydrogen-bond donors (Lipinski definition) is 3. The van der Waals surface area contributed by atoms with Crippen molar-refractivity contribution in [3.8, 4) is 17.0 Å². The highest BCUT2D eigenvalue weighted by Gasteiger charge is 2.33.